The molecule has 0 aliphatic heterocycles. The number of benzene rings is 3. The highest BCUT2D eigenvalue weighted by atomic mass is 35.5. The molecule has 1 heterocycles. The normalized spacial score (nSPS) is 10.3. The molecule has 0 aliphatic carbocycles. The first-order valence-corrected chi connectivity index (χ1v) is 9.77. The van der Waals surface area contributed by atoms with E-state index in [1.54, 1.807) is 6.92 Å². The van der Waals surface area contributed by atoms with Crippen molar-refractivity contribution in [3.63, 3.8) is 0 Å². The van der Waals surface area contributed by atoms with Gasteiger partial charge < -0.3 is 0 Å². The number of nitrogens with zero attached hydrogens (tertiary/aromatic N) is 1. The van der Waals surface area contributed by atoms with Crippen molar-refractivity contribution < 1.29 is 4.79 Å². The molecule has 28 heavy (non-hydrogen) atoms. The van der Waals surface area contributed by atoms with Gasteiger partial charge in [-0.05, 0) is 42.3 Å². The van der Waals surface area contributed by atoms with Crippen LogP contribution in [0.4, 0.5) is 0 Å². The largest absolute Gasteiger partial charge is 0.294 e. The lowest BCUT2D eigenvalue weighted by Crippen LogP contribution is -1.97. The fraction of sp³-hybridized carbons (Fsp3) is 0.120. The molecule has 0 saturated carbocycles. The van der Waals surface area contributed by atoms with Crippen molar-refractivity contribution in [2.45, 2.75) is 20.8 Å². The summed E-state index contributed by atoms with van der Waals surface area (Å²) in [6, 6.07) is 25.5. The average molecular weight is 388 g/mol. The van der Waals surface area contributed by atoms with Crippen LogP contribution < -0.4 is 0 Å². The van der Waals surface area contributed by atoms with Crippen LogP contribution in [-0.2, 0) is 0 Å². The van der Waals surface area contributed by atoms with E-state index < -0.39 is 0 Å². The number of pyridine rings is 1. The van der Waals surface area contributed by atoms with Crippen molar-refractivity contribution >= 4 is 28.3 Å². The van der Waals surface area contributed by atoms with Gasteiger partial charge in [0, 0.05) is 21.5 Å². The molecule has 0 amide bonds. The summed E-state index contributed by atoms with van der Waals surface area (Å²) in [5, 5.41) is 1.60. The molecule has 0 spiro atoms. The molecule has 1 aromatic heterocycles. The number of fused-ring (bicyclic) bond motifs is 1. The lowest BCUT2D eigenvalue weighted by atomic mass is 9.99. The Morgan fingerprint density at radius 2 is 1.46 bits per heavy atom. The zero-order valence-corrected chi connectivity index (χ0v) is 17.0. The molecule has 140 valence electrons. The van der Waals surface area contributed by atoms with E-state index in [9.17, 15) is 4.79 Å². The second-order valence-corrected chi connectivity index (χ2v) is 6.65. The van der Waals surface area contributed by atoms with Gasteiger partial charge in [0.1, 0.15) is 0 Å². The fourth-order valence-electron chi connectivity index (χ4n) is 3.12. The molecule has 4 rings (SSSR count). The van der Waals surface area contributed by atoms with Crippen LogP contribution in [0.3, 0.4) is 0 Å². The number of hydrogen-bond acceptors (Lipinski definition) is 2. The number of ketones is 1. The highest BCUT2D eigenvalue weighted by Gasteiger charge is 2.10. The van der Waals surface area contributed by atoms with Crippen LogP contribution in [0, 0.1) is 0 Å². The molecular weight excluding hydrogens is 366 g/mol. The van der Waals surface area contributed by atoms with E-state index in [1.165, 1.54) is 0 Å². The standard InChI is InChI=1S/C23H16ClNO.C2H6/c1-15(26)21-14-23(25-22-8-3-2-7-20(21)22)17-11-9-16(10-12-17)18-5-4-6-19(24)13-18;1-2/h2-14H,1H3;1-2H3. The van der Waals surface area contributed by atoms with Crippen molar-refractivity contribution in [2.24, 2.45) is 0 Å². The zero-order chi connectivity index (χ0) is 20.1. The van der Waals surface area contributed by atoms with Crippen LogP contribution in [0.1, 0.15) is 31.1 Å². The number of para-hydroxylation sites is 1. The van der Waals surface area contributed by atoms with E-state index >= 15 is 0 Å². The summed E-state index contributed by atoms with van der Waals surface area (Å²) in [4.78, 5) is 16.8. The molecule has 0 atom stereocenters. The second kappa shape index (κ2) is 8.81. The van der Waals surface area contributed by atoms with E-state index in [-0.39, 0.29) is 5.78 Å². The summed E-state index contributed by atoms with van der Waals surface area (Å²) in [6.07, 6.45) is 0. The molecule has 0 radical (unpaired) electrons. The van der Waals surface area contributed by atoms with E-state index in [2.05, 4.69) is 0 Å². The topological polar surface area (TPSA) is 30.0 Å². The number of Topliss-reactive ketones (excluding diaryl/α,β-unsaturated/α-hetero) is 1. The first kappa shape index (κ1) is 19.8. The number of carbonyl (C=O) groups excluding carboxylic acids is 1. The summed E-state index contributed by atoms with van der Waals surface area (Å²) < 4.78 is 0. The van der Waals surface area contributed by atoms with Crippen LogP contribution >= 0.6 is 11.6 Å². The van der Waals surface area contributed by atoms with Crippen LogP contribution in [0.15, 0.2) is 78.9 Å². The molecule has 3 aromatic carbocycles. The Hall–Kier alpha value is -2.97. The predicted molar refractivity (Wildman–Crippen MR) is 119 cm³/mol. The van der Waals surface area contributed by atoms with E-state index in [1.807, 2.05) is 92.7 Å². The van der Waals surface area contributed by atoms with Crippen molar-refractivity contribution in [2.75, 3.05) is 0 Å². The van der Waals surface area contributed by atoms with Crippen LogP contribution in [0.2, 0.25) is 5.02 Å². The van der Waals surface area contributed by atoms with Gasteiger partial charge in [-0.3, -0.25) is 4.79 Å². The first-order chi connectivity index (χ1) is 13.6. The third-order valence-electron chi connectivity index (χ3n) is 4.43. The fourth-order valence-corrected chi connectivity index (χ4v) is 3.31. The maximum Gasteiger partial charge on any atom is 0.160 e. The maximum absolute atomic E-state index is 12.1. The molecule has 3 heteroatoms. The van der Waals surface area contributed by atoms with Crippen LogP contribution in [0.5, 0.6) is 0 Å². The Morgan fingerprint density at radius 3 is 2.14 bits per heavy atom. The second-order valence-electron chi connectivity index (χ2n) is 6.22. The van der Waals surface area contributed by atoms with Crippen molar-refractivity contribution in [1.82, 2.24) is 4.98 Å². The Labute approximate surface area is 170 Å². The van der Waals surface area contributed by atoms with E-state index in [0.717, 1.165) is 33.3 Å². The lowest BCUT2D eigenvalue weighted by Gasteiger charge is -2.09. The highest BCUT2D eigenvalue weighted by molar-refractivity contribution is 6.30. The number of rotatable bonds is 3. The Bertz CT molecular complexity index is 1120. The monoisotopic (exact) mass is 387 g/mol. The lowest BCUT2D eigenvalue weighted by molar-refractivity contribution is 0.101. The summed E-state index contributed by atoms with van der Waals surface area (Å²) in [5.74, 6) is 0.0420. The molecular formula is C25H22ClNO. The van der Waals surface area contributed by atoms with E-state index in [4.69, 9.17) is 16.6 Å². The Kier molecular flexibility index (Phi) is 6.23. The molecule has 4 aromatic rings. The van der Waals surface area contributed by atoms with Gasteiger partial charge in [0.15, 0.2) is 5.78 Å². The van der Waals surface area contributed by atoms with Crippen molar-refractivity contribution in [3.8, 4) is 22.4 Å². The quantitative estimate of drug-likeness (QED) is 0.341. The highest BCUT2D eigenvalue weighted by Crippen LogP contribution is 2.28. The minimum atomic E-state index is 0.0420. The van der Waals surface area contributed by atoms with Gasteiger partial charge in [0.2, 0.25) is 0 Å². The molecule has 0 aliphatic rings. The van der Waals surface area contributed by atoms with Gasteiger partial charge in [0.25, 0.3) is 0 Å². The average Bonchev–Trinajstić information content (AvgIpc) is 2.74. The predicted octanol–water partition coefficient (Wildman–Crippen LogP) is 7.45. The summed E-state index contributed by atoms with van der Waals surface area (Å²) in [7, 11) is 0. The summed E-state index contributed by atoms with van der Waals surface area (Å²) in [5.41, 5.74) is 5.46. The molecule has 0 fully saturated rings. The Morgan fingerprint density at radius 1 is 0.786 bits per heavy atom. The van der Waals surface area contributed by atoms with Crippen molar-refractivity contribution in [1.29, 1.82) is 0 Å². The van der Waals surface area contributed by atoms with Gasteiger partial charge in [-0.2, -0.15) is 0 Å². The number of aromatic nitrogens is 1. The van der Waals surface area contributed by atoms with Gasteiger partial charge in [0.05, 0.1) is 11.2 Å². The molecule has 0 saturated heterocycles. The molecule has 2 nitrogen and oxygen atoms in total. The third kappa shape index (κ3) is 4.13. The minimum absolute atomic E-state index is 0.0420. The van der Waals surface area contributed by atoms with Crippen LogP contribution in [0.25, 0.3) is 33.3 Å². The van der Waals surface area contributed by atoms with Crippen LogP contribution in [-0.4, -0.2) is 10.8 Å². The molecule has 0 N–H and O–H groups in total. The SMILES string of the molecule is CC.CC(=O)c1cc(-c2ccc(-c3cccc(Cl)c3)cc2)nc2ccccc12. The Balaban J connectivity index is 0.00000109. The number of hydrogen-bond donors (Lipinski definition) is 0. The zero-order valence-electron chi connectivity index (χ0n) is 16.2. The van der Waals surface area contributed by atoms with Gasteiger partial charge in [-0.15, -0.1) is 0 Å². The van der Waals surface area contributed by atoms with Gasteiger partial charge in [-0.1, -0.05) is 80.0 Å². The molecule has 0 bridgehead atoms. The number of halogens is 1. The minimum Gasteiger partial charge on any atom is -0.294 e. The third-order valence-corrected chi connectivity index (χ3v) is 4.67. The summed E-state index contributed by atoms with van der Waals surface area (Å²) in [6.45, 7) is 5.59. The van der Waals surface area contributed by atoms with E-state index in [0.29, 0.717) is 10.6 Å². The summed E-state index contributed by atoms with van der Waals surface area (Å²) >= 11 is 6.08. The smallest absolute Gasteiger partial charge is 0.160 e. The first-order valence-electron chi connectivity index (χ1n) is 9.39. The maximum atomic E-state index is 12.1. The molecule has 0 unspecified atom stereocenters. The number of carbonyl (C=O) groups is 1. The van der Waals surface area contributed by atoms with Gasteiger partial charge in [-0.25, -0.2) is 4.98 Å². The van der Waals surface area contributed by atoms with Crippen molar-refractivity contribution in [3.05, 3.63) is 89.4 Å². The van der Waals surface area contributed by atoms with Gasteiger partial charge >= 0.3 is 0 Å².